The van der Waals surface area contributed by atoms with E-state index >= 15 is 0 Å². The summed E-state index contributed by atoms with van der Waals surface area (Å²) in [4.78, 5) is 20.5. The Bertz CT molecular complexity index is 164. The minimum Gasteiger partial charge on any atom is -0.542 e. The molecule has 66 valence electrons. The molecular formula is C6H13NO4. The lowest BCUT2D eigenvalue weighted by molar-refractivity contribution is -0.301. The molecule has 0 aromatic carbocycles. The number of aliphatic hydroxyl groups is 1. The van der Waals surface area contributed by atoms with Crippen LogP contribution in [0.5, 0.6) is 0 Å². The summed E-state index contributed by atoms with van der Waals surface area (Å²) < 4.78 is 0. The molecule has 0 amide bonds. The predicted octanol–water partition coefficient (Wildman–Crippen LogP) is -1.30. The Morgan fingerprint density at radius 3 is 1.91 bits per heavy atom. The fraction of sp³-hybridized carbons (Fsp3) is 0.667. The van der Waals surface area contributed by atoms with Crippen molar-refractivity contribution in [3.63, 3.8) is 0 Å². The Labute approximate surface area is 64.6 Å². The summed E-state index contributed by atoms with van der Waals surface area (Å²) in [6.45, 7) is 2.19. The van der Waals surface area contributed by atoms with Crippen molar-refractivity contribution in [2.45, 2.75) is 13.8 Å². The molecule has 0 aliphatic carbocycles. The van der Waals surface area contributed by atoms with Gasteiger partial charge in [0, 0.05) is 0 Å². The zero-order valence-electron chi connectivity index (χ0n) is 6.88. The summed E-state index contributed by atoms with van der Waals surface area (Å²) in [5.41, 5.74) is -1.22. The second-order valence-electron chi connectivity index (χ2n) is 2.66. The van der Waals surface area contributed by atoms with Crippen LogP contribution in [0.3, 0.4) is 0 Å². The first-order chi connectivity index (χ1) is 4.41. The van der Waals surface area contributed by atoms with Crippen LogP contribution in [0.15, 0.2) is 0 Å². The number of hydrogen-bond donors (Lipinski definition) is 2. The van der Waals surface area contributed by atoms with Gasteiger partial charge in [0.05, 0.1) is 12.0 Å². The van der Waals surface area contributed by atoms with Crippen LogP contribution in [0.4, 0.5) is 0 Å². The second kappa shape index (κ2) is 4.05. The van der Waals surface area contributed by atoms with Crippen molar-refractivity contribution < 1.29 is 19.8 Å². The highest BCUT2D eigenvalue weighted by Gasteiger charge is 2.26. The Kier molecular flexibility index (Phi) is 4.68. The van der Waals surface area contributed by atoms with Gasteiger partial charge in [-0.05, 0) is 0 Å². The zero-order chi connectivity index (χ0) is 8.36. The highest BCUT2D eigenvalue weighted by Crippen LogP contribution is 2.13. The first-order valence-corrected chi connectivity index (χ1v) is 2.78. The van der Waals surface area contributed by atoms with Crippen molar-refractivity contribution in [1.29, 1.82) is 0 Å². The first kappa shape index (κ1) is 12.7. The molecule has 0 aliphatic rings. The molecule has 5 heteroatoms. The molecule has 0 aromatic rings. The van der Waals surface area contributed by atoms with E-state index in [-0.39, 0.29) is 6.15 Å². The van der Waals surface area contributed by atoms with Gasteiger partial charge in [-0.1, -0.05) is 13.8 Å². The Balaban J connectivity index is 0. The molecule has 0 unspecified atom stereocenters. The van der Waals surface area contributed by atoms with Crippen LogP contribution < -0.4 is 11.3 Å². The molecule has 0 saturated carbocycles. The molecule has 0 bridgehead atoms. The van der Waals surface area contributed by atoms with Crippen LogP contribution in [0, 0.1) is 5.41 Å². The number of carbonyl (C=O) groups excluding carboxylic acids is 2. The van der Waals surface area contributed by atoms with E-state index in [0.29, 0.717) is 0 Å². The van der Waals surface area contributed by atoms with Crippen molar-refractivity contribution in [2.75, 3.05) is 6.61 Å². The van der Waals surface area contributed by atoms with Gasteiger partial charge >= 0.3 is 0 Å². The van der Waals surface area contributed by atoms with E-state index in [1.165, 1.54) is 13.8 Å². The maximum atomic E-state index is 10.6. The zero-order valence-corrected chi connectivity index (χ0v) is 6.88. The predicted molar refractivity (Wildman–Crippen MR) is 36.9 cm³/mol. The lowest BCUT2D eigenvalue weighted by atomic mass is 9.89. The topological polar surface area (TPSA) is 114 Å². The quantitative estimate of drug-likeness (QED) is 0.503. The van der Waals surface area contributed by atoms with Gasteiger partial charge < -0.3 is 21.2 Å². The number of rotatable bonds is 3. The third-order valence-electron chi connectivity index (χ3n) is 1.20. The molecule has 0 rings (SSSR count). The van der Waals surface area contributed by atoms with Gasteiger partial charge in [0.25, 0.3) is 0 Å². The molecule has 0 aromatic heterocycles. The van der Waals surface area contributed by atoms with E-state index in [4.69, 9.17) is 5.11 Å². The average Bonchev–Trinajstić information content (AvgIpc) is 1.86. The maximum Gasteiger partial charge on any atom is 0.186 e. The number of carboxylic acid groups (broad SMARTS) is 1. The molecule has 0 aliphatic heterocycles. The average molecular weight is 163 g/mol. The van der Waals surface area contributed by atoms with Crippen LogP contribution in [-0.2, 0) is 9.59 Å². The number of aliphatic hydroxyl groups excluding tert-OH is 1. The Morgan fingerprint density at radius 2 is 1.82 bits per heavy atom. The maximum absolute atomic E-state index is 10.6. The molecule has 0 radical (unpaired) electrons. The second-order valence-corrected chi connectivity index (χ2v) is 2.66. The van der Waals surface area contributed by atoms with Crippen molar-refractivity contribution >= 4 is 11.8 Å². The standard InChI is InChI=1S/C6H10O4.H3N/c1-6(2,3-7)4(8)5(9)10;/h7H,3H2,1-2H3,(H,9,10);1H3. The number of hydrogen-bond acceptors (Lipinski definition) is 4. The summed E-state index contributed by atoms with van der Waals surface area (Å²) in [6, 6.07) is 0. The molecule has 0 saturated heterocycles. The van der Waals surface area contributed by atoms with Gasteiger partial charge in [-0.2, -0.15) is 0 Å². The largest absolute Gasteiger partial charge is 0.542 e. The highest BCUT2D eigenvalue weighted by atomic mass is 16.4. The molecule has 11 heavy (non-hydrogen) atoms. The molecule has 0 fully saturated rings. The van der Waals surface area contributed by atoms with Gasteiger partial charge in [0.1, 0.15) is 5.97 Å². The van der Waals surface area contributed by atoms with E-state index in [9.17, 15) is 14.7 Å². The van der Waals surface area contributed by atoms with Crippen molar-refractivity contribution in [3.8, 4) is 0 Å². The normalized spacial score (nSPS) is 10.1. The summed E-state index contributed by atoms with van der Waals surface area (Å²) in [6.07, 6.45) is 0. The van der Waals surface area contributed by atoms with Crippen LogP contribution in [0.25, 0.3) is 0 Å². The third-order valence-corrected chi connectivity index (χ3v) is 1.20. The van der Waals surface area contributed by atoms with Gasteiger partial charge in [-0.25, -0.2) is 0 Å². The van der Waals surface area contributed by atoms with Crippen molar-refractivity contribution in [1.82, 2.24) is 6.15 Å². The molecule has 0 heterocycles. The fourth-order valence-corrected chi connectivity index (χ4v) is 0.348. The first-order valence-electron chi connectivity index (χ1n) is 2.78. The molecule has 0 atom stereocenters. The number of quaternary nitrogens is 1. The van der Waals surface area contributed by atoms with E-state index in [2.05, 4.69) is 0 Å². The molecule has 5 N–H and O–H groups in total. The van der Waals surface area contributed by atoms with Gasteiger partial charge in [0.2, 0.25) is 0 Å². The number of carbonyl (C=O) groups is 2. The SMILES string of the molecule is CC(C)(CO)C(=O)C(=O)[O-].[NH4+]. The molecule has 5 nitrogen and oxygen atoms in total. The van der Waals surface area contributed by atoms with Crippen LogP contribution in [0.2, 0.25) is 0 Å². The number of Topliss-reactive ketones (excluding diaryl/α,β-unsaturated/α-hetero) is 1. The summed E-state index contributed by atoms with van der Waals surface area (Å²) >= 11 is 0. The van der Waals surface area contributed by atoms with Gasteiger partial charge in [-0.15, -0.1) is 0 Å². The van der Waals surface area contributed by atoms with E-state index in [1.54, 1.807) is 0 Å². The van der Waals surface area contributed by atoms with Gasteiger partial charge in [0.15, 0.2) is 5.78 Å². The monoisotopic (exact) mass is 163 g/mol. The number of ketones is 1. The smallest absolute Gasteiger partial charge is 0.186 e. The van der Waals surface area contributed by atoms with Crippen molar-refractivity contribution in [2.24, 2.45) is 5.41 Å². The summed E-state index contributed by atoms with van der Waals surface area (Å²) in [5.74, 6) is -2.82. The molecular weight excluding hydrogens is 150 g/mol. The molecule has 0 spiro atoms. The third kappa shape index (κ3) is 3.10. The summed E-state index contributed by atoms with van der Waals surface area (Å²) in [7, 11) is 0. The Morgan fingerprint density at radius 1 is 1.45 bits per heavy atom. The number of carboxylic acids is 1. The fourth-order valence-electron chi connectivity index (χ4n) is 0.348. The van der Waals surface area contributed by atoms with Crippen LogP contribution in [0.1, 0.15) is 13.8 Å². The number of aliphatic carboxylic acids is 1. The minimum absolute atomic E-state index is 0. The van der Waals surface area contributed by atoms with Crippen molar-refractivity contribution in [3.05, 3.63) is 0 Å². The van der Waals surface area contributed by atoms with E-state index in [0.717, 1.165) is 0 Å². The van der Waals surface area contributed by atoms with E-state index in [1.807, 2.05) is 0 Å². The summed E-state index contributed by atoms with van der Waals surface area (Å²) in [5, 5.41) is 18.4. The van der Waals surface area contributed by atoms with Crippen LogP contribution >= 0.6 is 0 Å². The van der Waals surface area contributed by atoms with E-state index < -0.39 is 23.8 Å². The minimum atomic E-state index is -1.75. The van der Waals surface area contributed by atoms with Crippen LogP contribution in [-0.4, -0.2) is 23.5 Å². The van der Waals surface area contributed by atoms with Gasteiger partial charge in [-0.3, -0.25) is 4.79 Å². The Hall–Kier alpha value is -0.940. The highest BCUT2D eigenvalue weighted by molar-refractivity contribution is 6.33. The lowest BCUT2D eigenvalue weighted by Crippen LogP contribution is -2.42. The lowest BCUT2D eigenvalue weighted by Gasteiger charge is -2.19.